The van der Waals surface area contributed by atoms with E-state index >= 15 is 0 Å². The van der Waals surface area contributed by atoms with E-state index in [1.165, 1.54) is 11.3 Å². The van der Waals surface area contributed by atoms with Crippen LogP contribution < -0.4 is 11.1 Å². The van der Waals surface area contributed by atoms with Gasteiger partial charge in [-0.1, -0.05) is 13.8 Å². The number of aromatic nitrogens is 1. The maximum absolute atomic E-state index is 11.5. The number of hydrogen-bond donors (Lipinski definition) is 2. The number of nitrogens with zero attached hydrogens (tertiary/aromatic N) is 1. The van der Waals surface area contributed by atoms with Crippen LogP contribution in [-0.2, 0) is 4.79 Å². The lowest BCUT2D eigenvalue weighted by Gasteiger charge is -2.01. The van der Waals surface area contributed by atoms with Crippen molar-refractivity contribution in [1.82, 2.24) is 4.98 Å². The Balaban J connectivity index is 2.37. The number of nitrogens with one attached hydrogen (secondary N) is 1. The Labute approximate surface area is 100 Å². The number of carbonyl (C=O) groups excluding carboxylic acids is 1. The van der Waals surface area contributed by atoms with Gasteiger partial charge in [-0.3, -0.25) is 4.79 Å². The predicted octanol–water partition coefficient (Wildman–Crippen LogP) is 2.33. The van der Waals surface area contributed by atoms with Gasteiger partial charge in [0.1, 0.15) is 0 Å². The average Bonchev–Trinajstić information content (AvgIpc) is 2.66. The monoisotopic (exact) mass is 241 g/mol. The first-order chi connectivity index (χ1) is 7.63. The van der Waals surface area contributed by atoms with E-state index in [2.05, 4.69) is 24.1 Å². The van der Waals surface area contributed by atoms with Gasteiger partial charge < -0.3 is 11.1 Å². The van der Waals surface area contributed by atoms with Crippen LogP contribution >= 0.6 is 11.3 Å². The van der Waals surface area contributed by atoms with Crippen LogP contribution in [0.2, 0.25) is 0 Å². The molecule has 0 spiro atoms. The first-order valence-electron chi connectivity index (χ1n) is 5.59. The third-order valence-electron chi connectivity index (χ3n) is 2.22. The molecule has 16 heavy (non-hydrogen) atoms. The smallest absolute Gasteiger partial charge is 0.226 e. The minimum absolute atomic E-state index is 0.0260. The fourth-order valence-electron chi connectivity index (χ4n) is 1.22. The van der Waals surface area contributed by atoms with E-state index in [1.807, 2.05) is 5.38 Å². The van der Waals surface area contributed by atoms with E-state index in [-0.39, 0.29) is 5.91 Å². The van der Waals surface area contributed by atoms with Gasteiger partial charge in [-0.15, -0.1) is 11.3 Å². The third-order valence-corrected chi connectivity index (χ3v) is 2.99. The molecule has 0 saturated heterocycles. The molecule has 1 rings (SSSR count). The Morgan fingerprint density at radius 3 is 2.88 bits per heavy atom. The van der Waals surface area contributed by atoms with Gasteiger partial charge >= 0.3 is 0 Å². The number of unbranched alkanes of at least 4 members (excludes halogenated alkanes) is 1. The molecule has 3 N–H and O–H groups in total. The largest absolute Gasteiger partial charge is 0.330 e. The second kappa shape index (κ2) is 6.60. The quantitative estimate of drug-likeness (QED) is 0.751. The Hall–Kier alpha value is -0.940. The van der Waals surface area contributed by atoms with Crippen molar-refractivity contribution in [1.29, 1.82) is 0 Å². The lowest BCUT2D eigenvalue weighted by molar-refractivity contribution is -0.116. The summed E-state index contributed by atoms with van der Waals surface area (Å²) in [6.45, 7) is 4.81. The van der Waals surface area contributed by atoms with Gasteiger partial charge in [0.2, 0.25) is 5.91 Å². The number of nitrogens with two attached hydrogens (primary N) is 1. The lowest BCUT2D eigenvalue weighted by Crippen LogP contribution is -2.11. The van der Waals surface area contributed by atoms with Crippen LogP contribution in [0.25, 0.3) is 0 Å². The van der Waals surface area contributed by atoms with Crippen molar-refractivity contribution in [3.8, 4) is 0 Å². The summed E-state index contributed by atoms with van der Waals surface area (Å²) in [7, 11) is 0. The molecule has 0 aromatic carbocycles. The first kappa shape index (κ1) is 13.1. The summed E-state index contributed by atoms with van der Waals surface area (Å²) < 4.78 is 0. The standard InChI is InChI=1S/C11H19N3OS/c1-8(2)9-7-16-11(13-9)14-10(15)5-3-4-6-12/h7-8H,3-6,12H2,1-2H3,(H,13,14,15). The molecule has 1 amide bonds. The van der Waals surface area contributed by atoms with Gasteiger partial charge in [0, 0.05) is 11.8 Å². The molecular weight excluding hydrogens is 222 g/mol. The van der Waals surface area contributed by atoms with Crippen LogP contribution in [0.1, 0.15) is 44.7 Å². The normalized spacial score (nSPS) is 10.8. The Bertz CT molecular complexity index is 336. The van der Waals surface area contributed by atoms with Crippen molar-refractivity contribution in [2.75, 3.05) is 11.9 Å². The molecule has 0 saturated carbocycles. The van der Waals surface area contributed by atoms with Gasteiger partial charge in [0.15, 0.2) is 5.13 Å². The van der Waals surface area contributed by atoms with Gasteiger partial charge in [-0.05, 0) is 25.3 Å². The van der Waals surface area contributed by atoms with E-state index in [0.29, 0.717) is 24.0 Å². The van der Waals surface area contributed by atoms with E-state index in [9.17, 15) is 4.79 Å². The number of rotatable bonds is 6. The molecule has 5 heteroatoms. The van der Waals surface area contributed by atoms with Crippen LogP contribution in [-0.4, -0.2) is 17.4 Å². The zero-order valence-electron chi connectivity index (χ0n) is 9.82. The highest BCUT2D eigenvalue weighted by Gasteiger charge is 2.08. The molecule has 0 aliphatic heterocycles. The molecule has 0 radical (unpaired) electrons. The highest BCUT2D eigenvalue weighted by Crippen LogP contribution is 2.21. The van der Waals surface area contributed by atoms with Crippen LogP contribution in [0.5, 0.6) is 0 Å². The van der Waals surface area contributed by atoms with Crippen molar-refractivity contribution in [3.05, 3.63) is 11.1 Å². The molecule has 0 fully saturated rings. The molecule has 0 unspecified atom stereocenters. The van der Waals surface area contributed by atoms with E-state index < -0.39 is 0 Å². The second-order valence-corrected chi connectivity index (χ2v) is 4.88. The molecule has 0 atom stereocenters. The molecule has 0 bridgehead atoms. The molecule has 0 aliphatic rings. The molecule has 1 heterocycles. The summed E-state index contributed by atoms with van der Waals surface area (Å²) >= 11 is 1.48. The molecule has 1 aromatic rings. The third kappa shape index (κ3) is 4.28. The fraction of sp³-hybridized carbons (Fsp3) is 0.636. The average molecular weight is 241 g/mol. The first-order valence-corrected chi connectivity index (χ1v) is 6.46. The summed E-state index contributed by atoms with van der Waals surface area (Å²) in [5, 5.41) is 5.49. The summed E-state index contributed by atoms with van der Waals surface area (Å²) in [6.07, 6.45) is 2.25. The number of thiazole rings is 1. The highest BCUT2D eigenvalue weighted by atomic mass is 32.1. The minimum atomic E-state index is 0.0260. The summed E-state index contributed by atoms with van der Waals surface area (Å²) in [4.78, 5) is 15.8. The van der Waals surface area contributed by atoms with Gasteiger partial charge in [-0.25, -0.2) is 4.98 Å². The molecule has 90 valence electrons. The fourth-order valence-corrected chi connectivity index (χ4v) is 2.11. The van der Waals surface area contributed by atoms with Crippen LogP contribution in [0.3, 0.4) is 0 Å². The second-order valence-electron chi connectivity index (χ2n) is 4.03. The number of amides is 1. The number of carbonyl (C=O) groups is 1. The van der Waals surface area contributed by atoms with Gasteiger partial charge in [0.25, 0.3) is 0 Å². The van der Waals surface area contributed by atoms with Crippen molar-refractivity contribution < 1.29 is 4.79 Å². The van der Waals surface area contributed by atoms with Crippen molar-refractivity contribution in [2.24, 2.45) is 5.73 Å². The van der Waals surface area contributed by atoms with E-state index in [1.54, 1.807) is 0 Å². The minimum Gasteiger partial charge on any atom is -0.330 e. The topological polar surface area (TPSA) is 68.0 Å². The van der Waals surface area contributed by atoms with Crippen LogP contribution in [0.15, 0.2) is 5.38 Å². The highest BCUT2D eigenvalue weighted by molar-refractivity contribution is 7.13. The zero-order valence-corrected chi connectivity index (χ0v) is 10.6. The Kier molecular flexibility index (Phi) is 5.42. The molecule has 1 aromatic heterocycles. The van der Waals surface area contributed by atoms with Crippen molar-refractivity contribution in [3.63, 3.8) is 0 Å². The van der Waals surface area contributed by atoms with Crippen LogP contribution in [0, 0.1) is 0 Å². The van der Waals surface area contributed by atoms with Gasteiger partial charge in [-0.2, -0.15) is 0 Å². The molecular formula is C11H19N3OS. The lowest BCUT2D eigenvalue weighted by atomic mass is 10.2. The van der Waals surface area contributed by atoms with Crippen molar-refractivity contribution >= 4 is 22.4 Å². The SMILES string of the molecule is CC(C)c1csc(NC(=O)CCCCN)n1. The summed E-state index contributed by atoms with van der Waals surface area (Å²) in [6, 6.07) is 0. The van der Waals surface area contributed by atoms with E-state index in [0.717, 1.165) is 18.5 Å². The predicted molar refractivity (Wildman–Crippen MR) is 67.7 cm³/mol. The van der Waals surface area contributed by atoms with Gasteiger partial charge in [0.05, 0.1) is 5.69 Å². The Morgan fingerprint density at radius 2 is 2.31 bits per heavy atom. The molecule has 4 nitrogen and oxygen atoms in total. The summed E-state index contributed by atoms with van der Waals surface area (Å²) in [5.41, 5.74) is 6.39. The Morgan fingerprint density at radius 1 is 1.56 bits per heavy atom. The van der Waals surface area contributed by atoms with Crippen molar-refractivity contribution in [2.45, 2.75) is 39.0 Å². The van der Waals surface area contributed by atoms with E-state index in [4.69, 9.17) is 5.73 Å². The number of anilines is 1. The zero-order chi connectivity index (χ0) is 12.0. The maximum Gasteiger partial charge on any atom is 0.226 e. The number of hydrogen-bond acceptors (Lipinski definition) is 4. The summed E-state index contributed by atoms with van der Waals surface area (Å²) in [5.74, 6) is 0.428. The molecule has 0 aliphatic carbocycles. The van der Waals surface area contributed by atoms with Crippen LogP contribution in [0.4, 0.5) is 5.13 Å². The maximum atomic E-state index is 11.5.